The standard InChI is InChI=1S/C20H12N4O3/c25-20-15-8-4-5-9-17(15)21-19-16-12-14(24(26)27)10-11-18(16)22(23(19)20)13-6-2-1-3-7-13/h1-12H. The minimum atomic E-state index is -0.449. The molecule has 7 heteroatoms. The maximum Gasteiger partial charge on any atom is 0.281 e. The van der Waals surface area contributed by atoms with Crippen molar-refractivity contribution < 1.29 is 4.92 Å². The fourth-order valence-electron chi connectivity index (χ4n) is 3.42. The lowest BCUT2D eigenvalue weighted by Gasteiger charge is -2.08. The van der Waals surface area contributed by atoms with E-state index in [0.29, 0.717) is 27.5 Å². The van der Waals surface area contributed by atoms with Crippen LogP contribution in [0.4, 0.5) is 5.69 Å². The van der Waals surface area contributed by atoms with Gasteiger partial charge in [0, 0.05) is 12.1 Å². The second-order valence-corrected chi connectivity index (χ2v) is 6.18. The van der Waals surface area contributed by atoms with Crippen molar-refractivity contribution in [3.05, 3.63) is 93.3 Å². The Labute approximate surface area is 151 Å². The molecule has 7 nitrogen and oxygen atoms in total. The van der Waals surface area contributed by atoms with Crippen LogP contribution < -0.4 is 5.56 Å². The van der Waals surface area contributed by atoms with Gasteiger partial charge in [-0.3, -0.25) is 14.9 Å². The van der Waals surface area contributed by atoms with Gasteiger partial charge in [-0.05, 0) is 30.3 Å². The first-order valence-electron chi connectivity index (χ1n) is 8.31. The molecule has 0 amide bonds. The summed E-state index contributed by atoms with van der Waals surface area (Å²) in [4.78, 5) is 28.7. The molecule has 2 aromatic heterocycles. The van der Waals surface area contributed by atoms with Crippen molar-refractivity contribution >= 4 is 33.1 Å². The summed E-state index contributed by atoms with van der Waals surface area (Å²) in [5.74, 6) is 0. The van der Waals surface area contributed by atoms with Gasteiger partial charge >= 0.3 is 0 Å². The van der Waals surface area contributed by atoms with Gasteiger partial charge in [0.1, 0.15) is 0 Å². The highest BCUT2D eigenvalue weighted by Crippen LogP contribution is 2.28. The van der Waals surface area contributed by atoms with Gasteiger partial charge in [0.2, 0.25) is 0 Å². The summed E-state index contributed by atoms with van der Waals surface area (Å²) >= 11 is 0. The first kappa shape index (κ1) is 15.3. The SMILES string of the molecule is O=c1c2ccccc2nc2c3cc([N+](=O)[O-])ccc3n(-c3ccccc3)n12. The van der Waals surface area contributed by atoms with E-state index in [1.54, 1.807) is 28.9 Å². The predicted octanol–water partition coefficient (Wildman–Crippen LogP) is 3.70. The molecular formula is C20H12N4O3. The first-order chi connectivity index (χ1) is 13.1. The van der Waals surface area contributed by atoms with E-state index in [-0.39, 0.29) is 11.2 Å². The van der Waals surface area contributed by atoms with E-state index in [9.17, 15) is 14.9 Å². The lowest BCUT2D eigenvalue weighted by atomic mass is 10.2. The van der Waals surface area contributed by atoms with Gasteiger partial charge in [0.05, 0.1) is 32.4 Å². The highest BCUT2D eigenvalue weighted by atomic mass is 16.6. The molecule has 3 aromatic carbocycles. The summed E-state index contributed by atoms with van der Waals surface area (Å²) in [7, 11) is 0. The van der Waals surface area contributed by atoms with Crippen LogP contribution in [0.1, 0.15) is 0 Å². The maximum atomic E-state index is 13.2. The van der Waals surface area contributed by atoms with E-state index in [0.717, 1.165) is 5.69 Å². The van der Waals surface area contributed by atoms with Crippen LogP contribution in [0.2, 0.25) is 0 Å². The molecule has 27 heavy (non-hydrogen) atoms. The quantitative estimate of drug-likeness (QED) is 0.357. The van der Waals surface area contributed by atoms with Crippen LogP contribution in [0.15, 0.2) is 77.6 Å². The number of nitrogens with zero attached hydrogens (tertiary/aromatic N) is 4. The molecule has 0 atom stereocenters. The largest absolute Gasteiger partial charge is 0.281 e. The second-order valence-electron chi connectivity index (χ2n) is 6.18. The molecule has 0 fully saturated rings. The average molecular weight is 356 g/mol. The Balaban J connectivity index is 2.06. The van der Waals surface area contributed by atoms with Crippen LogP contribution in [0.25, 0.3) is 33.1 Å². The lowest BCUT2D eigenvalue weighted by molar-refractivity contribution is -0.384. The Hall–Kier alpha value is -4.00. The molecule has 130 valence electrons. The van der Waals surface area contributed by atoms with Gasteiger partial charge in [-0.2, -0.15) is 4.52 Å². The number of benzene rings is 3. The summed E-state index contributed by atoms with van der Waals surface area (Å²) in [6.07, 6.45) is 0. The summed E-state index contributed by atoms with van der Waals surface area (Å²) in [6.45, 7) is 0. The highest BCUT2D eigenvalue weighted by molar-refractivity contribution is 5.97. The number of nitro groups is 1. The van der Waals surface area contributed by atoms with Crippen molar-refractivity contribution in [1.82, 2.24) is 14.2 Å². The number of aromatic nitrogens is 3. The van der Waals surface area contributed by atoms with Gasteiger partial charge in [0.25, 0.3) is 11.2 Å². The number of rotatable bonds is 2. The molecule has 5 aromatic rings. The van der Waals surface area contributed by atoms with E-state index in [2.05, 4.69) is 4.98 Å². The molecule has 0 bridgehead atoms. The number of non-ortho nitro benzene ring substituents is 1. The molecule has 2 heterocycles. The van der Waals surface area contributed by atoms with Gasteiger partial charge in [-0.25, -0.2) is 9.67 Å². The molecule has 0 unspecified atom stereocenters. The molecule has 0 aliphatic heterocycles. The summed E-state index contributed by atoms with van der Waals surface area (Å²) in [5.41, 5.74) is 2.12. The summed E-state index contributed by atoms with van der Waals surface area (Å²) < 4.78 is 3.22. The molecule has 5 rings (SSSR count). The zero-order chi connectivity index (χ0) is 18.5. The minimum absolute atomic E-state index is 0.0439. The minimum Gasteiger partial charge on any atom is -0.267 e. The zero-order valence-electron chi connectivity index (χ0n) is 13.9. The molecule has 0 radical (unpaired) electrons. The van der Waals surface area contributed by atoms with Crippen LogP contribution in [-0.2, 0) is 0 Å². The number of hydrogen-bond acceptors (Lipinski definition) is 4. The Kier molecular flexibility index (Phi) is 3.11. The van der Waals surface area contributed by atoms with Crippen LogP contribution in [-0.4, -0.2) is 19.1 Å². The molecule has 0 N–H and O–H groups in total. The van der Waals surface area contributed by atoms with Gasteiger partial charge in [-0.1, -0.05) is 30.3 Å². The van der Waals surface area contributed by atoms with Crippen molar-refractivity contribution in [1.29, 1.82) is 0 Å². The Morgan fingerprint density at radius 1 is 0.889 bits per heavy atom. The fourth-order valence-corrected chi connectivity index (χ4v) is 3.42. The van der Waals surface area contributed by atoms with Gasteiger partial charge in [-0.15, -0.1) is 0 Å². The first-order valence-corrected chi connectivity index (χ1v) is 8.31. The maximum absolute atomic E-state index is 13.2. The van der Waals surface area contributed by atoms with Crippen molar-refractivity contribution in [3.63, 3.8) is 0 Å². The van der Waals surface area contributed by atoms with Crippen LogP contribution >= 0.6 is 0 Å². The summed E-state index contributed by atoms with van der Waals surface area (Å²) in [6, 6.07) is 21.0. The fraction of sp³-hybridized carbons (Fsp3) is 0. The third-order valence-corrected chi connectivity index (χ3v) is 4.61. The third kappa shape index (κ3) is 2.15. The normalized spacial score (nSPS) is 11.4. The van der Waals surface area contributed by atoms with E-state index in [1.807, 2.05) is 36.4 Å². The third-order valence-electron chi connectivity index (χ3n) is 4.61. The Morgan fingerprint density at radius 3 is 2.41 bits per heavy atom. The predicted molar refractivity (Wildman–Crippen MR) is 102 cm³/mol. The topological polar surface area (TPSA) is 82.4 Å². The van der Waals surface area contributed by atoms with Crippen molar-refractivity contribution in [2.24, 2.45) is 0 Å². The Morgan fingerprint density at radius 2 is 1.63 bits per heavy atom. The van der Waals surface area contributed by atoms with E-state index >= 15 is 0 Å². The van der Waals surface area contributed by atoms with Gasteiger partial charge in [0.15, 0.2) is 5.65 Å². The molecule has 0 aliphatic carbocycles. The molecule has 0 saturated heterocycles. The number of fused-ring (bicyclic) bond motifs is 4. The van der Waals surface area contributed by atoms with Crippen molar-refractivity contribution in [2.45, 2.75) is 0 Å². The van der Waals surface area contributed by atoms with Crippen LogP contribution in [0.3, 0.4) is 0 Å². The van der Waals surface area contributed by atoms with Crippen LogP contribution in [0, 0.1) is 10.1 Å². The van der Waals surface area contributed by atoms with Crippen molar-refractivity contribution in [2.75, 3.05) is 0 Å². The van der Waals surface area contributed by atoms with Gasteiger partial charge < -0.3 is 0 Å². The lowest BCUT2D eigenvalue weighted by Crippen LogP contribution is -2.20. The molecule has 0 saturated carbocycles. The van der Waals surface area contributed by atoms with Crippen LogP contribution in [0.5, 0.6) is 0 Å². The number of nitro benzene ring substituents is 1. The Bertz CT molecular complexity index is 1420. The van der Waals surface area contributed by atoms with E-state index in [4.69, 9.17) is 0 Å². The zero-order valence-corrected chi connectivity index (χ0v) is 13.9. The molecular weight excluding hydrogens is 344 g/mol. The van der Waals surface area contributed by atoms with Crippen molar-refractivity contribution in [3.8, 4) is 5.69 Å². The van der Waals surface area contributed by atoms with E-state index < -0.39 is 4.92 Å². The number of hydrogen-bond donors (Lipinski definition) is 0. The smallest absolute Gasteiger partial charge is 0.267 e. The summed E-state index contributed by atoms with van der Waals surface area (Å²) in [5, 5.41) is 12.3. The average Bonchev–Trinajstić information content (AvgIpc) is 3.03. The monoisotopic (exact) mass is 356 g/mol. The second kappa shape index (κ2) is 5.50. The highest BCUT2D eigenvalue weighted by Gasteiger charge is 2.19. The molecule has 0 spiro atoms. The van der Waals surface area contributed by atoms with E-state index in [1.165, 1.54) is 16.6 Å². The number of para-hydroxylation sites is 2. The molecule has 0 aliphatic rings.